The van der Waals surface area contributed by atoms with Crippen molar-refractivity contribution in [3.8, 4) is 0 Å². The molecule has 0 saturated carbocycles. The Morgan fingerprint density at radius 2 is 2.12 bits per heavy atom. The molecule has 9 heteroatoms. The third kappa shape index (κ3) is 4.09. The predicted molar refractivity (Wildman–Crippen MR) is 103 cm³/mol. The van der Waals surface area contributed by atoms with Gasteiger partial charge in [-0.15, -0.1) is 0 Å². The number of nitrogens with one attached hydrogen (secondary N) is 2. The maximum absolute atomic E-state index is 11.9. The van der Waals surface area contributed by atoms with Crippen LogP contribution in [0.15, 0.2) is 42.6 Å². The molecule has 0 aliphatic carbocycles. The summed E-state index contributed by atoms with van der Waals surface area (Å²) in [6.07, 6.45) is 1.60. The minimum absolute atomic E-state index is 0.357. The van der Waals surface area contributed by atoms with Crippen molar-refractivity contribution in [2.24, 2.45) is 0 Å². The van der Waals surface area contributed by atoms with Gasteiger partial charge in [0.05, 0.1) is 6.20 Å². The summed E-state index contributed by atoms with van der Waals surface area (Å²) in [6, 6.07) is 10.3. The Labute approximate surface area is 155 Å². The summed E-state index contributed by atoms with van der Waals surface area (Å²) >= 11 is 10.1. The molecule has 0 aliphatic rings. The average molecular weight is 375 g/mol. The first kappa shape index (κ1) is 17.2. The van der Waals surface area contributed by atoms with Crippen molar-refractivity contribution in [1.29, 1.82) is 0 Å². The number of carbonyl (C=O) groups is 1. The molecule has 0 spiro atoms. The second-order valence-corrected chi connectivity index (χ2v) is 5.89. The van der Waals surface area contributed by atoms with Crippen molar-refractivity contribution in [1.82, 2.24) is 20.3 Å². The first-order valence-electron chi connectivity index (χ1n) is 7.50. The zero-order valence-electron chi connectivity index (χ0n) is 13.3. The molecule has 2 N–H and O–H groups in total. The van der Waals surface area contributed by atoms with E-state index in [1.54, 1.807) is 30.5 Å². The zero-order valence-corrected chi connectivity index (χ0v) is 14.9. The van der Waals surface area contributed by atoms with Crippen molar-refractivity contribution < 1.29 is 4.79 Å². The number of pyridine rings is 1. The van der Waals surface area contributed by atoms with Gasteiger partial charge in [0.15, 0.2) is 11.5 Å². The maximum atomic E-state index is 11.9. The molecule has 0 fully saturated rings. The van der Waals surface area contributed by atoms with E-state index in [-0.39, 0.29) is 6.03 Å². The van der Waals surface area contributed by atoms with Gasteiger partial charge in [-0.2, -0.15) is 0 Å². The number of rotatable bonds is 4. The SMILES string of the molecule is CCNC(=O)N(S)c1ccc2ncc(Nc3cccc(Cl)c3)nc2n1. The number of amides is 2. The third-order valence-electron chi connectivity index (χ3n) is 3.23. The Morgan fingerprint density at radius 1 is 1.28 bits per heavy atom. The van der Waals surface area contributed by atoms with Gasteiger partial charge < -0.3 is 10.6 Å². The largest absolute Gasteiger partial charge is 0.339 e. The maximum Gasteiger partial charge on any atom is 0.333 e. The summed E-state index contributed by atoms with van der Waals surface area (Å²) in [5.74, 6) is 0.874. The molecule has 7 nitrogen and oxygen atoms in total. The lowest BCUT2D eigenvalue weighted by atomic mass is 10.3. The highest BCUT2D eigenvalue weighted by Crippen LogP contribution is 2.21. The fraction of sp³-hybridized carbons (Fsp3) is 0.125. The summed E-state index contributed by atoms with van der Waals surface area (Å²) in [7, 11) is 0. The van der Waals surface area contributed by atoms with Crippen molar-refractivity contribution in [2.45, 2.75) is 6.92 Å². The van der Waals surface area contributed by atoms with E-state index in [2.05, 4.69) is 38.4 Å². The minimum Gasteiger partial charge on any atom is -0.339 e. The van der Waals surface area contributed by atoms with Crippen LogP contribution in [-0.4, -0.2) is 27.5 Å². The molecule has 0 aliphatic heterocycles. The van der Waals surface area contributed by atoms with Crippen molar-refractivity contribution in [3.05, 3.63) is 47.6 Å². The molecule has 0 atom stereocenters. The molecule has 2 amide bonds. The third-order valence-corrected chi connectivity index (χ3v) is 3.85. The normalized spacial score (nSPS) is 10.5. The molecule has 0 radical (unpaired) electrons. The Balaban J connectivity index is 1.89. The lowest BCUT2D eigenvalue weighted by Gasteiger charge is -2.15. The molecule has 3 aromatic rings. The van der Waals surface area contributed by atoms with E-state index < -0.39 is 0 Å². The van der Waals surface area contributed by atoms with Crippen molar-refractivity contribution >= 4 is 58.9 Å². The van der Waals surface area contributed by atoms with Crippen LogP contribution in [0.1, 0.15) is 6.92 Å². The van der Waals surface area contributed by atoms with Gasteiger partial charge in [0.2, 0.25) is 0 Å². The van der Waals surface area contributed by atoms with Crippen LogP contribution in [0.25, 0.3) is 11.2 Å². The number of urea groups is 1. The van der Waals surface area contributed by atoms with Crippen LogP contribution in [0, 0.1) is 0 Å². The first-order chi connectivity index (χ1) is 12.1. The van der Waals surface area contributed by atoms with E-state index in [0.29, 0.717) is 34.4 Å². The summed E-state index contributed by atoms with van der Waals surface area (Å²) < 4.78 is 1.13. The number of fused-ring (bicyclic) bond motifs is 1. The van der Waals surface area contributed by atoms with Crippen LogP contribution in [-0.2, 0) is 0 Å². The van der Waals surface area contributed by atoms with Gasteiger partial charge >= 0.3 is 6.03 Å². The molecule has 0 bridgehead atoms. The summed E-state index contributed by atoms with van der Waals surface area (Å²) in [6.45, 7) is 2.32. The van der Waals surface area contributed by atoms with E-state index in [4.69, 9.17) is 11.6 Å². The Hall–Kier alpha value is -2.58. The molecule has 25 heavy (non-hydrogen) atoms. The van der Waals surface area contributed by atoms with Crippen molar-refractivity contribution in [3.63, 3.8) is 0 Å². The number of aromatic nitrogens is 3. The van der Waals surface area contributed by atoms with E-state index >= 15 is 0 Å². The summed E-state index contributed by atoms with van der Waals surface area (Å²) in [5.41, 5.74) is 1.79. The predicted octanol–water partition coefficient (Wildman–Crippen LogP) is 3.80. The molecule has 1 aromatic carbocycles. The number of thiol groups is 1. The van der Waals surface area contributed by atoms with Gasteiger partial charge in [0.1, 0.15) is 11.3 Å². The molecule has 128 valence electrons. The minimum atomic E-state index is -0.362. The van der Waals surface area contributed by atoms with Crippen LogP contribution >= 0.6 is 24.4 Å². The van der Waals surface area contributed by atoms with Gasteiger partial charge in [-0.1, -0.05) is 30.5 Å². The highest BCUT2D eigenvalue weighted by molar-refractivity contribution is 7.82. The van der Waals surface area contributed by atoms with E-state index in [1.807, 2.05) is 19.1 Å². The van der Waals surface area contributed by atoms with Crippen LogP contribution in [0.4, 0.5) is 22.1 Å². The highest BCUT2D eigenvalue weighted by Gasteiger charge is 2.13. The van der Waals surface area contributed by atoms with Crippen LogP contribution in [0.3, 0.4) is 0 Å². The first-order valence-corrected chi connectivity index (χ1v) is 8.28. The van der Waals surface area contributed by atoms with Gasteiger partial charge in [0.25, 0.3) is 0 Å². The standard InChI is InChI=1S/C16H15ClN6OS/c1-2-18-16(24)23(25)14-7-6-12-15(22-14)21-13(9-19-12)20-11-5-3-4-10(17)8-11/h3-9,25H,2H2,1H3,(H,18,24)(H,20,21,22). The number of carbonyl (C=O) groups excluding carboxylic acids is 1. The molecule has 3 rings (SSSR count). The van der Waals surface area contributed by atoms with Gasteiger partial charge in [0, 0.05) is 17.3 Å². The summed E-state index contributed by atoms with van der Waals surface area (Å²) in [4.78, 5) is 24.9. The Bertz CT molecular complexity index is 922. The molecule has 0 unspecified atom stereocenters. The molecule has 2 heterocycles. The lowest BCUT2D eigenvalue weighted by Crippen LogP contribution is -2.34. The van der Waals surface area contributed by atoms with E-state index in [1.165, 1.54) is 0 Å². The fourth-order valence-corrected chi connectivity index (χ4v) is 2.48. The number of benzene rings is 1. The van der Waals surface area contributed by atoms with Crippen molar-refractivity contribution in [2.75, 3.05) is 16.2 Å². The number of hydrogen-bond acceptors (Lipinski definition) is 6. The quantitative estimate of drug-likeness (QED) is 0.605. The van der Waals surface area contributed by atoms with Gasteiger partial charge in [-0.05, 0) is 37.3 Å². The topological polar surface area (TPSA) is 83.0 Å². The van der Waals surface area contributed by atoms with Crippen LogP contribution in [0.5, 0.6) is 0 Å². The second kappa shape index (κ2) is 7.54. The van der Waals surface area contributed by atoms with Crippen LogP contribution in [0.2, 0.25) is 5.02 Å². The van der Waals surface area contributed by atoms with E-state index in [0.717, 1.165) is 9.99 Å². The number of hydrogen-bond donors (Lipinski definition) is 3. The monoisotopic (exact) mass is 374 g/mol. The van der Waals surface area contributed by atoms with E-state index in [9.17, 15) is 4.79 Å². The molecular weight excluding hydrogens is 360 g/mol. The Morgan fingerprint density at radius 3 is 2.88 bits per heavy atom. The highest BCUT2D eigenvalue weighted by atomic mass is 35.5. The fourth-order valence-electron chi connectivity index (χ4n) is 2.11. The molecule has 2 aromatic heterocycles. The van der Waals surface area contributed by atoms with Gasteiger partial charge in [-0.25, -0.2) is 24.1 Å². The number of halogens is 1. The van der Waals surface area contributed by atoms with Crippen LogP contribution < -0.4 is 14.9 Å². The average Bonchev–Trinajstić information content (AvgIpc) is 2.60. The molecular formula is C16H15ClN6OS. The zero-order chi connectivity index (χ0) is 17.8. The Kier molecular flexibility index (Phi) is 5.20. The second-order valence-electron chi connectivity index (χ2n) is 5.05. The smallest absolute Gasteiger partial charge is 0.333 e. The summed E-state index contributed by atoms with van der Waals surface area (Å²) in [5, 5.41) is 6.39. The number of nitrogens with zero attached hydrogens (tertiary/aromatic N) is 4. The van der Waals surface area contributed by atoms with Gasteiger partial charge in [-0.3, -0.25) is 0 Å². The lowest BCUT2D eigenvalue weighted by molar-refractivity contribution is 0.250. The number of anilines is 3. The molecule has 0 saturated heterocycles.